The number of pyridine rings is 1. The molecule has 34 heavy (non-hydrogen) atoms. The molecular weight excluding hydrogens is 430 g/mol. The van der Waals surface area contributed by atoms with Gasteiger partial charge in [0.1, 0.15) is 17.5 Å². The summed E-state index contributed by atoms with van der Waals surface area (Å²) in [5, 5.41) is 20.3. The maximum atomic E-state index is 12.3. The molecule has 182 valence electrons. The summed E-state index contributed by atoms with van der Waals surface area (Å²) in [4.78, 5) is 23.9. The molecule has 4 N–H and O–H groups in total. The first-order valence-electron chi connectivity index (χ1n) is 11.5. The van der Waals surface area contributed by atoms with Gasteiger partial charge >= 0.3 is 0 Å². The van der Waals surface area contributed by atoms with Crippen LogP contribution >= 0.6 is 0 Å². The van der Waals surface area contributed by atoms with E-state index in [9.17, 15) is 10.1 Å². The fourth-order valence-corrected chi connectivity index (χ4v) is 4.07. The molecule has 1 aromatic carbocycles. The maximum Gasteiger partial charge on any atom is 0.274 e. The van der Waals surface area contributed by atoms with Crippen molar-refractivity contribution in [1.29, 1.82) is 5.26 Å². The Labute approximate surface area is 201 Å². The van der Waals surface area contributed by atoms with E-state index in [1.54, 1.807) is 12.1 Å². The monoisotopic (exact) mass is 465 g/mol. The Morgan fingerprint density at radius 3 is 2.74 bits per heavy atom. The summed E-state index contributed by atoms with van der Waals surface area (Å²) in [7, 11) is 3.38. The van der Waals surface area contributed by atoms with Crippen molar-refractivity contribution in [2.45, 2.75) is 40.2 Å². The number of nitriles is 1. The van der Waals surface area contributed by atoms with Crippen molar-refractivity contribution in [3.8, 4) is 6.07 Å². The van der Waals surface area contributed by atoms with Crippen molar-refractivity contribution >= 4 is 28.9 Å². The molecule has 0 unspecified atom stereocenters. The van der Waals surface area contributed by atoms with Crippen LogP contribution in [0.25, 0.3) is 0 Å². The number of nitrogens with one attached hydrogen (secondary N) is 4. The number of aromatic nitrogens is 1. The third kappa shape index (κ3) is 6.37. The molecule has 1 aliphatic rings. The molecule has 1 atom stereocenters. The van der Waals surface area contributed by atoms with Gasteiger partial charge in [0.25, 0.3) is 5.91 Å². The van der Waals surface area contributed by atoms with Gasteiger partial charge < -0.3 is 20.9 Å². The fraction of sp³-hybridized carbons (Fsp3) is 0.480. The molecule has 0 bridgehead atoms. The van der Waals surface area contributed by atoms with Crippen LogP contribution in [0.1, 0.15) is 48.7 Å². The molecule has 1 amide bonds. The van der Waals surface area contributed by atoms with E-state index in [1.807, 2.05) is 26.1 Å². The zero-order valence-electron chi connectivity index (χ0n) is 20.9. The van der Waals surface area contributed by atoms with E-state index >= 15 is 0 Å². The van der Waals surface area contributed by atoms with Crippen molar-refractivity contribution in [1.82, 2.24) is 15.8 Å². The summed E-state index contributed by atoms with van der Waals surface area (Å²) >= 11 is 0. The van der Waals surface area contributed by atoms with Gasteiger partial charge in [-0.2, -0.15) is 5.26 Å². The molecule has 1 aliphatic heterocycles. The van der Waals surface area contributed by atoms with Gasteiger partial charge in [0.05, 0.1) is 12.8 Å². The van der Waals surface area contributed by atoms with Gasteiger partial charge in [0, 0.05) is 43.5 Å². The Hall–Kier alpha value is -3.35. The van der Waals surface area contributed by atoms with Crippen molar-refractivity contribution in [3.05, 3.63) is 41.0 Å². The van der Waals surface area contributed by atoms with Crippen LogP contribution in [0.5, 0.6) is 0 Å². The van der Waals surface area contributed by atoms with Crippen LogP contribution in [0.4, 0.5) is 23.0 Å². The van der Waals surface area contributed by atoms with Crippen LogP contribution in [0.15, 0.2) is 24.3 Å². The second-order valence-electron chi connectivity index (χ2n) is 9.90. The highest BCUT2D eigenvalue weighted by molar-refractivity contribution is 5.95. The fourth-order valence-electron chi connectivity index (χ4n) is 4.07. The molecule has 1 saturated heterocycles. The van der Waals surface area contributed by atoms with Gasteiger partial charge in [-0.15, -0.1) is 0 Å². The molecule has 0 spiro atoms. The number of carbonyl (C=O) groups is 1. The number of hydroxylamine groups is 1. The lowest BCUT2D eigenvalue weighted by Crippen LogP contribution is -2.30. The topological polar surface area (TPSA) is 114 Å². The first kappa shape index (κ1) is 25.3. The molecule has 0 radical (unpaired) electrons. The third-order valence-electron chi connectivity index (χ3n) is 5.59. The van der Waals surface area contributed by atoms with E-state index in [-0.39, 0.29) is 17.4 Å². The van der Waals surface area contributed by atoms with Crippen LogP contribution < -0.4 is 26.3 Å². The molecule has 9 nitrogen and oxygen atoms in total. The Balaban J connectivity index is 2.04. The minimum atomic E-state index is -0.353. The number of benzene rings is 1. The Morgan fingerprint density at radius 2 is 2.12 bits per heavy atom. The normalized spacial score (nSPS) is 15.5. The first-order chi connectivity index (χ1) is 16.1. The van der Waals surface area contributed by atoms with Crippen LogP contribution in [-0.2, 0) is 4.84 Å². The molecule has 1 aromatic heterocycles. The summed E-state index contributed by atoms with van der Waals surface area (Å²) in [5.74, 6) is 0.798. The molecule has 2 heterocycles. The number of carbonyl (C=O) groups excluding carboxylic acids is 1. The molecule has 2 aromatic rings. The van der Waals surface area contributed by atoms with Gasteiger partial charge in [0.15, 0.2) is 5.82 Å². The Morgan fingerprint density at radius 1 is 1.35 bits per heavy atom. The van der Waals surface area contributed by atoms with E-state index in [0.717, 1.165) is 37.3 Å². The van der Waals surface area contributed by atoms with Crippen LogP contribution in [-0.4, -0.2) is 50.7 Å². The molecular formula is C25H35N7O2. The number of hydrogen-bond acceptors (Lipinski definition) is 8. The van der Waals surface area contributed by atoms with E-state index in [0.29, 0.717) is 28.5 Å². The Kier molecular flexibility index (Phi) is 7.97. The zero-order chi connectivity index (χ0) is 24.9. The van der Waals surface area contributed by atoms with Crippen LogP contribution in [0.3, 0.4) is 0 Å². The third-order valence-corrected chi connectivity index (χ3v) is 5.59. The number of nitrogens with zero attached hydrogens (tertiary/aromatic N) is 3. The van der Waals surface area contributed by atoms with Crippen molar-refractivity contribution in [2.24, 2.45) is 5.41 Å². The van der Waals surface area contributed by atoms with E-state index in [4.69, 9.17) is 9.82 Å². The SMILES string of the molecule is CONC(=O)c1ccc(C)c(Nc2nc(N[C@@H]3CCNC3)cc(N(C)CC(C)(C)C)c2C#N)c1. The lowest BCUT2D eigenvalue weighted by molar-refractivity contribution is 0.0537. The predicted molar refractivity (Wildman–Crippen MR) is 136 cm³/mol. The van der Waals surface area contributed by atoms with Crippen molar-refractivity contribution in [3.63, 3.8) is 0 Å². The number of amides is 1. The lowest BCUT2D eigenvalue weighted by atomic mass is 9.96. The highest BCUT2D eigenvalue weighted by Crippen LogP contribution is 2.33. The molecule has 9 heteroatoms. The summed E-state index contributed by atoms with van der Waals surface area (Å²) < 4.78 is 0. The van der Waals surface area contributed by atoms with Gasteiger partial charge in [-0.05, 0) is 43.0 Å². The highest BCUT2D eigenvalue weighted by Gasteiger charge is 2.22. The number of hydrogen-bond donors (Lipinski definition) is 4. The average molecular weight is 466 g/mol. The number of aryl methyl sites for hydroxylation is 1. The van der Waals surface area contributed by atoms with Gasteiger partial charge in [-0.1, -0.05) is 26.8 Å². The standard InChI is InChI=1S/C25H35N7O2/c1-16-7-8-17(24(33)31-34-6)11-20(16)29-23-19(13-26)21(32(5)15-25(2,3)4)12-22(30-23)28-18-9-10-27-14-18/h7-8,11-12,18,27H,9-10,14-15H2,1-6H3,(H,31,33)(H2,28,29,30)/t18-/m1/s1. The minimum absolute atomic E-state index is 0.0426. The minimum Gasteiger partial charge on any atom is -0.373 e. The lowest BCUT2D eigenvalue weighted by Gasteiger charge is -2.30. The van der Waals surface area contributed by atoms with Crippen molar-refractivity contribution < 1.29 is 9.63 Å². The Bertz CT molecular complexity index is 1070. The second-order valence-corrected chi connectivity index (χ2v) is 9.90. The zero-order valence-corrected chi connectivity index (χ0v) is 20.9. The highest BCUT2D eigenvalue weighted by atomic mass is 16.6. The van der Waals surface area contributed by atoms with Crippen LogP contribution in [0, 0.1) is 23.7 Å². The second kappa shape index (κ2) is 10.7. The molecule has 1 fully saturated rings. The summed E-state index contributed by atoms with van der Waals surface area (Å²) in [6.07, 6.45) is 1.01. The van der Waals surface area contributed by atoms with Gasteiger partial charge in [-0.25, -0.2) is 10.5 Å². The average Bonchev–Trinajstić information content (AvgIpc) is 3.27. The summed E-state index contributed by atoms with van der Waals surface area (Å²) in [5.41, 5.74) is 5.67. The number of anilines is 4. The predicted octanol–water partition coefficient (Wildman–Crippen LogP) is 3.55. The number of rotatable bonds is 8. The van der Waals surface area contributed by atoms with E-state index in [1.165, 1.54) is 7.11 Å². The van der Waals surface area contributed by atoms with Crippen LogP contribution in [0.2, 0.25) is 0 Å². The van der Waals surface area contributed by atoms with E-state index < -0.39 is 0 Å². The summed E-state index contributed by atoms with van der Waals surface area (Å²) in [6.45, 7) is 11.0. The van der Waals surface area contributed by atoms with Gasteiger partial charge in [-0.3, -0.25) is 9.63 Å². The molecule has 0 aliphatic carbocycles. The quantitative estimate of drug-likeness (QED) is 0.438. The van der Waals surface area contributed by atoms with Crippen molar-refractivity contribution in [2.75, 3.05) is 49.3 Å². The smallest absolute Gasteiger partial charge is 0.274 e. The van der Waals surface area contributed by atoms with Gasteiger partial charge in [0.2, 0.25) is 0 Å². The maximum absolute atomic E-state index is 12.3. The first-order valence-corrected chi connectivity index (χ1v) is 11.5. The largest absolute Gasteiger partial charge is 0.373 e. The molecule has 3 rings (SSSR count). The molecule has 0 saturated carbocycles. The van der Waals surface area contributed by atoms with E-state index in [2.05, 4.69) is 53.2 Å². The summed E-state index contributed by atoms with van der Waals surface area (Å²) in [6, 6.07) is 9.86.